The molecule has 1 amide bonds. The molecule has 21 heavy (non-hydrogen) atoms. The highest BCUT2D eigenvalue weighted by Crippen LogP contribution is 2.24. The van der Waals surface area contributed by atoms with Crippen LogP contribution in [0.25, 0.3) is 0 Å². The maximum absolute atomic E-state index is 12.5. The fourth-order valence-corrected chi connectivity index (χ4v) is 2.83. The summed E-state index contributed by atoms with van der Waals surface area (Å²) in [5.74, 6) is 0.220. The van der Waals surface area contributed by atoms with E-state index in [9.17, 15) is 4.79 Å². The number of carbonyl (C=O) groups is 1. The summed E-state index contributed by atoms with van der Waals surface area (Å²) in [4.78, 5) is 18.2. The zero-order valence-corrected chi connectivity index (χ0v) is 14.6. The fourth-order valence-electron chi connectivity index (χ4n) is 1.87. The molecule has 0 saturated heterocycles. The first-order valence-corrected chi connectivity index (χ1v) is 7.83. The third-order valence-corrected chi connectivity index (χ3v) is 4.06. The molecule has 2 rings (SSSR count). The van der Waals surface area contributed by atoms with E-state index in [1.807, 2.05) is 13.0 Å². The first-order chi connectivity index (χ1) is 9.92. The van der Waals surface area contributed by atoms with E-state index >= 15 is 0 Å². The Morgan fingerprint density at radius 2 is 2.14 bits per heavy atom. The zero-order valence-electron chi connectivity index (χ0n) is 11.5. The summed E-state index contributed by atoms with van der Waals surface area (Å²) in [7, 11) is 0. The summed E-state index contributed by atoms with van der Waals surface area (Å²) in [6.45, 7) is 4.48. The highest BCUT2D eigenvalue weighted by atomic mass is 79.9. The fraction of sp³-hybridized carbons (Fsp3) is 0.286. The van der Waals surface area contributed by atoms with Crippen molar-refractivity contribution >= 4 is 45.0 Å². The second-order valence-electron chi connectivity index (χ2n) is 4.41. The minimum absolute atomic E-state index is 0.216. The van der Waals surface area contributed by atoms with Crippen LogP contribution in [0.3, 0.4) is 0 Å². The molecule has 0 bridgehead atoms. The Morgan fingerprint density at radius 3 is 2.67 bits per heavy atom. The lowest BCUT2D eigenvalue weighted by Gasteiger charge is -2.20. The SMILES string of the molecule is CCN(Cc1ccc(Cl)cc1Cl)C(=O)c1nc(C)oc1Br. The topological polar surface area (TPSA) is 46.3 Å². The molecule has 7 heteroatoms. The van der Waals surface area contributed by atoms with Crippen LogP contribution in [0, 0.1) is 6.92 Å². The molecule has 112 valence electrons. The number of nitrogens with zero attached hydrogens (tertiary/aromatic N) is 2. The van der Waals surface area contributed by atoms with Crippen molar-refractivity contribution < 1.29 is 9.21 Å². The van der Waals surface area contributed by atoms with Crippen molar-refractivity contribution in [1.29, 1.82) is 0 Å². The van der Waals surface area contributed by atoms with Gasteiger partial charge >= 0.3 is 0 Å². The number of benzene rings is 1. The number of oxazole rings is 1. The van der Waals surface area contributed by atoms with Gasteiger partial charge in [0.2, 0.25) is 4.67 Å². The van der Waals surface area contributed by atoms with E-state index in [4.69, 9.17) is 27.6 Å². The largest absolute Gasteiger partial charge is 0.433 e. The lowest BCUT2D eigenvalue weighted by molar-refractivity contribution is 0.0745. The lowest BCUT2D eigenvalue weighted by atomic mass is 10.2. The molecule has 2 aromatic rings. The monoisotopic (exact) mass is 390 g/mol. The van der Waals surface area contributed by atoms with Gasteiger partial charge in [-0.25, -0.2) is 4.98 Å². The van der Waals surface area contributed by atoms with Gasteiger partial charge in [0.1, 0.15) is 0 Å². The van der Waals surface area contributed by atoms with Crippen molar-refractivity contribution in [3.05, 3.63) is 50.1 Å². The van der Waals surface area contributed by atoms with Crippen LogP contribution >= 0.6 is 39.1 Å². The maximum atomic E-state index is 12.5. The highest BCUT2D eigenvalue weighted by molar-refractivity contribution is 9.10. The van der Waals surface area contributed by atoms with Gasteiger partial charge in [-0.1, -0.05) is 29.3 Å². The van der Waals surface area contributed by atoms with E-state index in [-0.39, 0.29) is 11.6 Å². The van der Waals surface area contributed by atoms with Crippen molar-refractivity contribution in [2.45, 2.75) is 20.4 Å². The highest BCUT2D eigenvalue weighted by Gasteiger charge is 2.22. The molecule has 0 N–H and O–H groups in total. The summed E-state index contributed by atoms with van der Waals surface area (Å²) in [6, 6.07) is 5.22. The lowest BCUT2D eigenvalue weighted by Crippen LogP contribution is -2.31. The minimum atomic E-state index is -0.216. The molecule has 1 aromatic heterocycles. The van der Waals surface area contributed by atoms with Crippen molar-refractivity contribution in [2.75, 3.05) is 6.54 Å². The van der Waals surface area contributed by atoms with Crippen LogP contribution < -0.4 is 0 Å². The Bertz CT molecular complexity index is 673. The molecule has 0 unspecified atom stereocenters. The van der Waals surface area contributed by atoms with Crippen LogP contribution in [0.1, 0.15) is 28.9 Å². The van der Waals surface area contributed by atoms with Crippen molar-refractivity contribution in [1.82, 2.24) is 9.88 Å². The third-order valence-electron chi connectivity index (χ3n) is 2.94. The van der Waals surface area contributed by atoms with Crippen molar-refractivity contribution in [3.8, 4) is 0 Å². The number of hydrogen-bond donors (Lipinski definition) is 0. The zero-order chi connectivity index (χ0) is 15.6. The van der Waals surface area contributed by atoms with E-state index in [1.165, 1.54) is 0 Å². The van der Waals surface area contributed by atoms with Crippen LogP contribution in [-0.2, 0) is 6.54 Å². The van der Waals surface area contributed by atoms with E-state index in [1.54, 1.807) is 24.0 Å². The number of aromatic nitrogens is 1. The summed E-state index contributed by atoms with van der Waals surface area (Å²) in [6.07, 6.45) is 0. The molecule has 1 aromatic carbocycles. The summed E-state index contributed by atoms with van der Waals surface area (Å²) < 4.78 is 5.57. The minimum Gasteiger partial charge on any atom is -0.433 e. The molecule has 0 radical (unpaired) electrons. The van der Waals surface area contributed by atoms with E-state index in [0.717, 1.165) is 5.56 Å². The van der Waals surface area contributed by atoms with Gasteiger partial charge < -0.3 is 9.32 Å². The number of carbonyl (C=O) groups excluding carboxylic acids is 1. The molecule has 0 saturated carbocycles. The Balaban J connectivity index is 2.23. The van der Waals surface area contributed by atoms with Gasteiger partial charge in [0.15, 0.2) is 11.6 Å². The van der Waals surface area contributed by atoms with Crippen LogP contribution in [0.15, 0.2) is 27.3 Å². The van der Waals surface area contributed by atoms with Gasteiger partial charge in [0.05, 0.1) is 0 Å². The first-order valence-electron chi connectivity index (χ1n) is 6.28. The van der Waals surface area contributed by atoms with E-state index < -0.39 is 0 Å². The van der Waals surface area contributed by atoms with Gasteiger partial charge in [-0.3, -0.25) is 4.79 Å². The molecular weight excluding hydrogens is 379 g/mol. The molecule has 0 spiro atoms. The molecule has 1 heterocycles. The predicted octanol–water partition coefficient (Wildman–Crippen LogP) is 4.71. The van der Waals surface area contributed by atoms with E-state index in [0.29, 0.717) is 33.7 Å². The number of halogens is 3. The van der Waals surface area contributed by atoms with Gasteiger partial charge in [0, 0.05) is 30.1 Å². The number of amides is 1. The number of aryl methyl sites for hydroxylation is 1. The second kappa shape index (κ2) is 6.81. The third kappa shape index (κ3) is 3.78. The molecule has 0 fully saturated rings. The number of hydrogen-bond acceptors (Lipinski definition) is 3. The van der Waals surface area contributed by atoms with E-state index in [2.05, 4.69) is 20.9 Å². The molecule has 0 aliphatic rings. The Hall–Kier alpha value is -1.04. The summed E-state index contributed by atoms with van der Waals surface area (Å²) in [5.41, 5.74) is 1.09. The average molecular weight is 392 g/mol. The van der Waals surface area contributed by atoms with Crippen molar-refractivity contribution in [3.63, 3.8) is 0 Å². The van der Waals surface area contributed by atoms with Crippen LogP contribution in [-0.4, -0.2) is 22.3 Å². The molecular formula is C14H13BrCl2N2O2. The molecule has 0 aliphatic heterocycles. The van der Waals surface area contributed by atoms with Gasteiger partial charge in [-0.15, -0.1) is 0 Å². The quantitative estimate of drug-likeness (QED) is 0.757. The summed E-state index contributed by atoms with van der Waals surface area (Å²) >= 11 is 15.2. The smallest absolute Gasteiger partial charge is 0.277 e. The first kappa shape index (κ1) is 16.3. The van der Waals surface area contributed by atoms with Gasteiger partial charge in [-0.05, 0) is 40.5 Å². The Labute approximate surface area is 141 Å². The predicted molar refractivity (Wildman–Crippen MR) is 85.8 cm³/mol. The van der Waals surface area contributed by atoms with Crippen molar-refractivity contribution in [2.24, 2.45) is 0 Å². The van der Waals surface area contributed by atoms with Crippen LogP contribution in [0.2, 0.25) is 10.0 Å². The Kier molecular flexibility index (Phi) is 5.30. The Morgan fingerprint density at radius 1 is 1.43 bits per heavy atom. The van der Waals surface area contributed by atoms with Gasteiger partial charge in [-0.2, -0.15) is 0 Å². The standard InChI is InChI=1S/C14H13BrCl2N2O2/c1-3-19(7-9-4-5-10(16)6-11(9)17)14(20)12-13(15)21-8(2)18-12/h4-6H,3,7H2,1-2H3. The second-order valence-corrected chi connectivity index (χ2v) is 5.97. The normalized spacial score (nSPS) is 10.7. The average Bonchev–Trinajstić information content (AvgIpc) is 2.76. The van der Waals surface area contributed by atoms with Crippen LogP contribution in [0.5, 0.6) is 0 Å². The summed E-state index contributed by atoms with van der Waals surface area (Å²) in [5, 5.41) is 1.09. The molecule has 0 atom stereocenters. The van der Waals surface area contributed by atoms with Gasteiger partial charge in [0.25, 0.3) is 5.91 Å². The molecule has 4 nitrogen and oxygen atoms in total. The molecule has 0 aliphatic carbocycles. The maximum Gasteiger partial charge on any atom is 0.277 e. The van der Waals surface area contributed by atoms with Crippen LogP contribution in [0.4, 0.5) is 0 Å². The number of rotatable bonds is 4.